The summed E-state index contributed by atoms with van der Waals surface area (Å²) in [6.45, 7) is 0.423. The van der Waals surface area contributed by atoms with Crippen molar-refractivity contribution in [3.05, 3.63) is 64.0 Å². The van der Waals surface area contributed by atoms with Gasteiger partial charge < -0.3 is 10.6 Å². The molecule has 1 saturated carbocycles. The second-order valence-corrected chi connectivity index (χ2v) is 8.91. The number of nitro groups is 1. The van der Waals surface area contributed by atoms with Crippen molar-refractivity contribution in [3.63, 3.8) is 0 Å². The van der Waals surface area contributed by atoms with Crippen molar-refractivity contribution in [2.75, 3.05) is 24.7 Å². The van der Waals surface area contributed by atoms with Gasteiger partial charge in [-0.25, -0.2) is 12.8 Å². The molecule has 2 aromatic rings. The first-order valence-electron chi connectivity index (χ1n) is 8.93. The molecule has 1 amide bonds. The van der Waals surface area contributed by atoms with Gasteiger partial charge in [0.05, 0.1) is 9.82 Å². The molecule has 2 unspecified atom stereocenters. The molecule has 0 bridgehead atoms. The number of hydrogen-bond acceptors (Lipinski definition) is 6. The largest absolute Gasteiger partial charge is 0.378 e. The topological polar surface area (TPSA) is 118 Å². The molecule has 0 aliphatic heterocycles. The van der Waals surface area contributed by atoms with Crippen molar-refractivity contribution in [1.29, 1.82) is 0 Å². The molecule has 1 aliphatic rings. The van der Waals surface area contributed by atoms with Gasteiger partial charge in [-0.15, -0.1) is 0 Å². The Bertz CT molecular complexity index is 1060. The zero-order valence-corrected chi connectivity index (χ0v) is 16.4. The van der Waals surface area contributed by atoms with Gasteiger partial charge in [0, 0.05) is 31.3 Å². The minimum Gasteiger partial charge on any atom is -0.378 e. The molecule has 0 heterocycles. The first-order chi connectivity index (χ1) is 13.7. The first kappa shape index (κ1) is 20.7. The molecule has 0 aromatic heterocycles. The zero-order chi connectivity index (χ0) is 21.2. The van der Waals surface area contributed by atoms with Crippen molar-refractivity contribution in [2.24, 2.45) is 5.92 Å². The van der Waals surface area contributed by atoms with Gasteiger partial charge in [0.2, 0.25) is 5.91 Å². The lowest BCUT2D eigenvalue weighted by atomic mass is 10.1. The lowest BCUT2D eigenvalue weighted by Crippen LogP contribution is -2.30. The van der Waals surface area contributed by atoms with Crippen LogP contribution in [-0.4, -0.2) is 38.6 Å². The van der Waals surface area contributed by atoms with E-state index in [4.69, 9.17) is 0 Å². The molecule has 10 heteroatoms. The van der Waals surface area contributed by atoms with Crippen LogP contribution in [0.4, 0.5) is 15.8 Å². The number of rotatable bonds is 8. The lowest BCUT2D eigenvalue weighted by molar-refractivity contribution is -0.384. The standard InChI is InChI=1S/C19H20FN3O5S/c1-29(27,28)12-6-7-17(18(10-12)23(25)26)21-8-9-22-19(24)15-11-14(15)13-4-2-3-5-16(13)20/h2-7,10,14-15,21H,8-9,11H2,1H3,(H,22,24). The number of sulfone groups is 1. The average molecular weight is 421 g/mol. The third-order valence-electron chi connectivity index (χ3n) is 4.77. The van der Waals surface area contributed by atoms with Gasteiger partial charge in [0.15, 0.2) is 9.84 Å². The van der Waals surface area contributed by atoms with Gasteiger partial charge in [-0.2, -0.15) is 0 Å². The van der Waals surface area contributed by atoms with Crippen LogP contribution in [0.5, 0.6) is 0 Å². The SMILES string of the molecule is CS(=O)(=O)c1ccc(NCCNC(=O)C2CC2c2ccccc2F)c([N+](=O)[O-])c1. The molecule has 3 rings (SSSR count). The third kappa shape index (κ3) is 4.89. The summed E-state index contributed by atoms with van der Waals surface area (Å²) < 4.78 is 36.9. The van der Waals surface area contributed by atoms with E-state index in [1.165, 1.54) is 18.2 Å². The fourth-order valence-electron chi connectivity index (χ4n) is 3.16. The average Bonchev–Trinajstić information content (AvgIpc) is 3.45. The Labute approximate surface area is 167 Å². The van der Waals surface area contributed by atoms with E-state index < -0.39 is 14.8 Å². The van der Waals surface area contributed by atoms with E-state index in [9.17, 15) is 27.7 Å². The molecule has 1 aliphatic carbocycles. The Kier molecular flexibility index (Phi) is 5.83. The number of nitro benzene ring substituents is 1. The van der Waals surface area contributed by atoms with Crippen LogP contribution in [0.3, 0.4) is 0 Å². The van der Waals surface area contributed by atoms with Crippen molar-refractivity contribution < 1.29 is 22.5 Å². The number of hydrogen-bond donors (Lipinski definition) is 2. The van der Waals surface area contributed by atoms with Gasteiger partial charge in [-0.1, -0.05) is 18.2 Å². The number of halogens is 1. The minimum absolute atomic E-state index is 0.131. The summed E-state index contributed by atoms with van der Waals surface area (Å²) in [4.78, 5) is 22.6. The maximum Gasteiger partial charge on any atom is 0.293 e. The summed E-state index contributed by atoms with van der Waals surface area (Å²) in [6, 6.07) is 9.99. The lowest BCUT2D eigenvalue weighted by Gasteiger charge is -2.09. The monoisotopic (exact) mass is 421 g/mol. The fraction of sp³-hybridized carbons (Fsp3) is 0.316. The van der Waals surface area contributed by atoms with E-state index in [1.807, 2.05) is 0 Å². The van der Waals surface area contributed by atoms with Crippen LogP contribution < -0.4 is 10.6 Å². The highest BCUT2D eigenvalue weighted by molar-refractivity contribution is 7.90. The molecule has 2 aromatic carbocycles. The van der Waals surface area contributed by atoms with Gasteiger partial charge >= 0.3 is 0 Å². The zero-order valence-electron chi connectivity index (χ0n) is 15.6. The fourth-order valence-corrected chi connectivity index (χ4v) is 3.80. The Morgan fingerprint density at radius 1 is 1.24 bits per heavy atom. The highest BCUT2D eigenvalue weighted by Gasteiger charge is 2.44. The van der Waals surface area contributed by atoms with Crippen LogP contribution in [0.2, 0.25) is 0 Å². The summed E-state index contributed by atoms with van der Waals surface area (Å²) >= 11 is 0. The van der Waals surface area contributed by atoms with Crippen LogP contribution >= 0.6 is 0 Å². The number of carbonyl (C=O) groups is 1. The van der Waals surface area contributed by atoms with E-state index in [0.717, 1.165) is 12.3 Å². The summed E-state index contributed by atoms with van der Waals surface area (Å²) in [5.74, 6) is -0.926. The number of anilines is 1. The van der Waals surface area contributed by atoms with E-state index in [1.54, 1.807) is 18.2 Å². The number of benzene rings is 2. The normalized spacial score (nSPS) is 18.1. The molecule has 8 nitrogen and oxygen atoms in total. The predicted molar refractivity (Wildman–Crippen MR) is 105 cm³/mol. The molecule has 0 radical (unpaired) electrons. The van der Waals surface area contributed by atoms with Gasteiger partial charge in [-0.05, 0) is 36.1 Å². The smallest absolute Gasteiger partial charge is 0.293 e. The summed E-state index contributed by atoms with van der Waals surface area (Å²) in [6.07, 6.45) is 1.56. The Hall–Kier alpha value is -3.01. The predicted octanol–water partition coefficient (Wildman–Crippen LogP) is 2.47. The molecule has 2 atom stereocenters. The molecule has 0 spiro atoms. The van der Waals surface area contributed by atoms with Crippen molar-refractivity contribution in [3.8, 4) is 0 Å². The number of nitrogens with one attached hydrogen (secondary N) is 2. The van der Waals surface area contributed by atoms with E-state index in [-0.39, 0.29) is 52.9 Å². The van der Waals surface area contributed by atoms with Gasteiger partial charge in [0.1, 0.15) is 11.5 Å². The van der Waals surface area contributed by atoms with Crippen LogP contribution in [-0.2, 0) is 14.6 Å². The molecule has 0 saturated heterocycles. The first-order valence-corrected chi connectivity index (χ1v) is 10.8. The second-order valence-electron chi connectivity index (χ2n) is 6.90. The molecule has 29 heavy (non-hydrogen) atoms. The van der Waals surface area contributed by atoms with E-state index >= 15 is 0 Å². The molecule has 154 valence electrons. The summed E-state index contributed by atoms with van der Waals surface area (Å²) in [7, 11) is -3.56. The highest BCUT2D eigenvalue weighted by atomic mass is 32.2. The molecule has 2 N–H and O–H groups in total. The number of amides is 1. The second kappa shape index (κ2) is 8.16. The summed E-state index contributed by atoms with van der Waals surface area (Å²) in [5.41, 5.74) is 0.334. The summed E-state index contributed by atoms with van der Waals surface area (Å²) in [5, 5.41) is 16.8. The van der Waals surface area contributed by atoms with Crippen LogP contribution in [0, 0.1) is 21.8 Å². The number of carbonyl (C=O) groups excluding carboxylic acids is 1. The number of nitrogens with zero attached hydrogens (tertiary/aromatic N) is 1. The van der Waals surface area contributed by atoms with Crippen molar-refractivity contribution in [1.82, 2.24) is 5.32 Å². The van der Waals surface area contributed by atoms with Crippen LogP contribution in [0.25, 0.3) is 0 Å². The quantitative estimate of drug-likeness (QED) is 0.384. The van der Waals surface area contributed by atoms with Crippen LogP contribution in [0.1, 0.15) is 17.9 Å². The van der Waals surface area contributed by atoms with E-state index in [2.05, 4.69) is 10.6 Å². The molecular formula is C19H20FN3O5S. The van der Waals surface area contributed by atoms with E-state index in [0.29, 0.717) is 12.0 Å². The van der Waals surface area contributed by atoms with Crippen molar-refractivity contribution >= 4 is 27.1 Å². The Morgan fingerprint density at radius 3 is 2.62 bits per heavy atom. The maximum atomic E-state index is 13.8. The highest BCUT2D eigenvalue weighted by Crippen LogP contribution is 2.48. The molecular weight excluding hydrogens is 401 g/mol. The molecule has 1 fully saturated rings. The van der Waals surface area contributed by atoms with Gasteiger partial charge in [0.25, 0.3) is 5.69 Å². The Morgan fingerprint density at radius 2 is 1.97 bits per heavy atom. The maximum absolute atomic E-state index is 13.8. The minimum atomic E-state index is -3.56. The van der Waals surface area contributed by atoms with Crippen LogP contribution in [0.15, 0.2) is 47.4 Å². The van der Waals surface area contributed by atoms with Gasteiger partial charge in [-0.3, -0.25) is 14.9 Å². The Balaban J connectivity index is 1.53. The third-order valence-corrected chi connectivity index (χ3v) is 5.88. The van der Waals surface area contributed by atoms with Crippen molar-refractivity contribution in [2.45, 2.75) is 17.2 Å².